The number of carbonyl (C=O) groups is 3. The summed E-state index contributed by atoms with van der Waals surface area (Å²) < 4.78 is 44.8. The number of alkyl halides is 3. The van der Waals surface area contributed by atoms with Crippen molar-refractivity contribution in [1.29, 1.82) is 0 Å². The lowest BCUT2D eigenvalue weighted by atomic mass is 10.1. The second kappa shape index (κ2) is 9.27. The number of nitrogens with one attached hydrogen (secondary N) is 1. The van der Waals surface area contributed by atoms with E-state index in [9.17, 15) is 37.7 Å². The van der Waals surface area contributed by atoms with E-state index in [1.807, 2.05) is 5.32 Å². The molecule has 1 fully saturated rings. The molecular formula is C21H18F3N3O6. The predicted octanol–water partition coefficient (Wildman–Crippen LogP) is 3.92. The summed E-state index contributed by atoms with van der Waals surface area (Å²) in [7, 11) is 0. The quantitative estimate of drug-likeness (QED) is 0.392. The topological polar surface area (TPSA) is 119 Å². The summed E-state index contributed by atoms with van der Waals surface area (Å²) in [6.07, 6.45) is -5.25. The molecule has 0 saturated carbocycles. The van der Waals surface area contributed by atoms with Crippen LogP contribution in [-0.4, -0.2) is 35.4 Å². The van der Waals surface area contributed by atoms with Gasteiger partial charge in [-0.3, -0.25) is 19.7 Å². The van der Waals surface area contributed by atoms with Crippen molar-refractivity contribution in [3.05, 3.63) is 63.7 Å². The number of nitro groups is 1. The number of ether oxygens (including phenoxy) is 1. The Kier molecular flexibility index (Phi) is 6.65. The van der Waals surface area contributed by atoms with E-state index < -0.39 is 46.0 Å². The molecule has 1 heterocycles. The van der Waals surface area contributed by atoms with Crippen molar-refractivity contribution >= 4 is 34.8 Å². The monoisotopic (exact) mass is 465 g/mol. The zero-order chi connectivity index (χ0) is 24.3. The predicted molar refractivity (Wildman–Crippen MR) is 110 cm³/mol. The van der Waals surface area contributed by atoms with Crippen molar-refractivity contribution in [3.8, 4) is 0 Å². The minimum Gasteiger partial charge on any atom is -0.449 e. The maximum absolute atomic E-state index is 13.3. The molecule has 1 atom stereocenters. The van der Waals surface area contributed by atoms with Crippen LogP contribution in [-0.2, 0) is 20.5 Å². The lowest BCUT2D eigenvalue weighted by Gasteiger charge is -2.17. The number of non-ortho nitro benzene ring substituents is 1. The van der Waals surface area contributed by atoms with E-state index in [0.717, 1.165) is 18.6 Å². The Morgan fingerprint density at radius 3 is 2.39 bits per heavy atom. The number of nitro benzene ring substituents is 1. The maximum Gasteiger partial charge on any atom is 0.418 e. The van der Waals surface area contributed by atoms with Gasteiger partial charge in [0.05, 0.1) is 21.7 Å². The van der Waals surface area contributed by atoms with Crippen LogP contribution in [0.5, 0.6) is 0 Å². The Bertz CT molecular complexity index is 1100. The number of rotatable bonds is 6. The van der Waals surface area contributed by atoms with Gasteiger partial charge in [-0.2, -0.15) is 13.2 Å². The minimum atomic E-state index is -4.97. The molecule has 3 rings (SSSR count). The van der Waals surface area contributed by atoms with E-state index in [-0.39, 0.29) is 11.5 Å². The molecule has 33 heavy (non-hydrogen) atoms. The second-order valence-corrected chi connectivity index (χ2v) is 7.22. The normalized spacial score (nSPS) is 14.7. The molecule has 2 amide bonds. The van der Waals surface area contributed by atoms with Gasteiger partial charge in [-0.15, -0.1) is 0 Å². The Morgan fingerprint density at radius 2 is 1.85 bits per heavy atom. The van der Waals surface area contributed by atoms with Crippen LogP contribution in [0.1, 0.15) is 35.7 Å². The third kappa shape index (κ3) is 5.45. The zero-order valence-corrected chi connectivity index (χ0v) is 17.2. The first-order chi connectivity index (χ1) is 15.5. The van der Waals surface area contributed by atoms with E-state index in [2.05, 4.69) is 0 Å². The number of anilines is 2. The Labute approximate surface area is 185 Å². The van der Waals surface area contributed by atoms with Crippen molar-refractivity contribution in [2.75, 3.05) is 16.8 Å². The van der Waals surface area contributed by atoms with Gasteiger partial charge in [0.15, 0.2) is 6.10 Å². The molecule has 1 N–H and O–H groups in total. The Balaban J connectivity index is 1.68. The van der Waals surface area contributed by atoms with Gasteiger partial charge in [-0.25, -0.2) is 4.79 Å². The van der Waals surface area contributed by atoms with Crippen molar-refractivity contribution in [1.82, 2.24) is 0 Å². The largest absolute Gasteiger partial charge is 0.449 e. The number of halogens is 3. The molecule has 0 aliphatic carbocycles. The van der Waals surface area contributed by atoms with Gasteiger partial charge < -0.3 is 15.0 Å². The number of hydrogen-bond donors (Lipinski definition) is 1. The molecule has 0 spiro atoms. The fourth-order valence-corrected chi connectivity index (χ4v) is 3.20. The van der Waals surface area contributed by atoms with E-state index in [1.54, 1.807) is 17.0 Å². The highest BCUT2D eigenvalue weighted by atomic mass is 19.4. The van der Waals surface area contributed by atoms with Gasteiger partial charge in [-0.1, -0.05) is 0 Å². The molecule has 1 unspecified atom stereocenters. The van der Waals surface area contributed by atoms with Crippen LogP contribution in [0, 0.1) is 10.1 Å². The van der Waals surface area contributed by atoms with Crippen molar-refractivity contribution in [2.24, 2.45) is 0 Å². The molecule has 1 aliphatic heterocycles. The number of nitrogens with zero attached hydrogens (tertiary/aromatic N) is 2. The number of amides is 2. The van der Waals surface area contributed by atoms with Crippen LogP contribution in [0.15, 0.2) is 42.5 Å². The van der Waals surface area contributed by atoms with Gasteiger partial charge in [0, 0.05) is 30.8 Å². The summed E-state index contributed by atoms with van der Waals surface area (Å²) in [5.41, 5.74) is -2.22. The van der Waals surface area contributed by atoms with E-state index in [0.29, 0.717) is 24.7 Å². The van der Waals surface area contributed by atoms with Crippen LogP contribution in [0.4, 0.5) is 30.2 Å². The van der Waals surface area contributed by atoms with Gasteiger partial charge >= 0.3 is 12.1 Å². The van der Waals surface area contributed by atoms with Crippen LogP contribution in [0.3, 0.4) is 0 Å². The van der Waals surface area contributed by atoms with Crippen molar-refractivity contribution < 1.29 is 37.2 Å². The lowest BCUT2D eigenvalue weighted by Crippen LogP contribution is -2.31. The molecular weight excluding hydrogens is 447 g/mol. The van der Waals surface area contributed by atoms with Crippen LogP contribution < -0.4 is 10.2 Å². The zero-order valence-electron chi connectivity index (χ0n) is 17.2. The van der Waals surface area contributed by atoms with E-state index >= 15 is 0 Å². The minimum absolute atomic E-state index is 0.0277. The number of esters is 1. The van der Waals surface area contributed by atoms with Gasteiger partial charge in [-0.05, 0) is 43.7 Å². The van der Waals surface area contributed by atoms with Crippen molar-refractivity contribution in [2.45, 2.75) is 32.0 Å². The van der Waals surface area contributed by atoms with Crippen LogP contribution >= 0.6 is 0 Å². The lowest BCUT2D eigenvalue weighted by molar-refractivity contribution is -0.385. The molecule has 2 aromatic rings. The number of carbonyl (C=O) groups excluding carboxylic acids is 3. The third-order valence-electron chi connectivity index (χ3n) is 4.92. The highest BCUT2D eigenvalue weighted by molar-refractivity contribution is 5.99. The SMILES string of the molecule is CC(OC(=O)c1ccc(N2CCCC2=O)cc1)C(=O)Nc1ccc([N+](=O)[O-])cc1C(F)(F)F. The summed E-state index contributed by atoms with van der Waals surface area (Å²) in [5.74, 6) is -1.97. The average Bonchev–Trinajstić information content (AvgIpc) is 3.18. The van der Waals surface area contributed by atoms with Gasteiger partial charge in [0.1, 0.15) is 0 Å². The molecule has 0 bridgehead atoms. The average molecular weight is 465 g/mol. The van der Waals surface area contributed by atoms with Gasteiger partial charge in [0.25, 0.3) is 11.6 Å². The Hall–Kier alpha value is -3.96. The van der Waals surface area contributed by atoms with Crippen molar-refractivity contribution in [3.63, 3.8) is 0 Å². The summed E-state index contributed by atoms with van der Waals surface area (Å²) in [6.45, 7) is 1.74. The molecule has 9 nitrogen and oxygen atoms in total. The molecule has 0 radical (unpaired) electrons. The summed E-state index contributed by atoms with van der Waals surface area (Å²) >= 11 is 0. The first-order valence-electron chi connectivity index (χ1n) is 9.75. The molecule has 1 aliphatic rings. The standard InChI is InChI=1S/C21H18F3N3O6/c1-12(19(29)25-17-9-8-15(27(31)32)11-16(17)21(22,23)24)33-20(30)13-4-6-14(7-5-13)26-10-2-3-18(26)28/h4-9,11-12H,2-3,10H2,1H3,(H,25,29). The number of hydrogen-bond acceptors (Lipinski definition) is 6. The smallest absolute Gasteiger partial charge is 0.418 e. The molecule has 0 aromatic heterocycles. The van der Waals surface area contributed by atoms with Crippen LogP contribution in [0.2, 0.25) is 0 Å². The highest BCUT2D eigenvalue weighted by Gasteiger charge is 2.36. The molecule has 174 valence electrons. The highest BCUT2D eigenvalue weighted by Crippen LogP contribution is 2.37. The van der Waals surface area contributed by atoms with Crippen LogP contribution in [0.25, 0.3) is 0 Å². The maximum atomic E-state index is 13.3. The molecule has 1 saturated heterocycles. The fraction of sp³-hybridized carbons (Fsp3) is 0.286. The van der Waals surface area contributed by atoms with E-state index in [1.165, 1.54) is 19.1 Å². The van der Waals surface area contributed by atoms with E-state index in [4.69, 9.17) is 4.74 Å². The summed E-state index contributed by atoms with van der Waals surface area (Å²) in [4.78, 5) is 47.8. The Morgan fingerprint density at radius 1 is 1.18 bits per heavy atom. The summed E-state index contributed by atoms with van der Waals surface area (Å²) in [5, 5.41) is 12.8. The first kappa shape index (κ1) is 23.7. The first-order valence-corrected chi connectivity index (χ1v) is 9.75. The number of benzene rings is 2. The fourth-order valence-electron chi connectivity index (χ4n) is 3.20. The molecule has 2 aromatic carbocycles. The third-order valence-corrected chi connectivity index (χ3v) is 4.92. The van der Waals surface area contributed by atoms with Gasteiger partial charge in [0.2, 0.25) is 5.91 Å². The molecule has 12 heteroatoms. The second-order valence-electron chi connectivity index (χ2n) is 7.22. The summed E-state index contributed by atoms with van der Waals surface area (Å²) in [6, 6.07) is 7.80.